The molecule has 1 heterocycles. The number of amides is 2. The molecule has 2 N–H and O–H groups in total. The number of rotatable bonds is 10. The normalized spacial score (nSPS) is 15.5. The summed E-state index contributed by atoms with van der Waals surface area (Å²) in [5.74, 6) is -0.543. The summed E-state index contributed by atoms with van der Waals surface area (Å²) in [4.78, 5) is 67.1. The van der Waals surface area contributed by atoms with E-state index in [1.165, 1.54) is 23.3 Å². The molecule has 0 spiro atoms. The first-order chi connectivity index (χ1) is 20.2. The fourth-order valence-electron chi connectivity index (χ4n) is 4.02. The van der Waals surface area contributed by atoms with Crippen molar-refractivity contribution in [2.24, 2.45) is 5.92 Å². The number of nitrogens with zero attached hydrogens (tertiary/aromatic N) is 1. The number of esters is 2. The third-order valence-electron chi connectivity index (χ3n) is 5.55. The Morgan fingerprint density at radius 3 is 1.93 bits per heavy atom. The van der Waals surface area contributed by atoms with E-state index < -0.39 is 53.8 Å². The van der Waals surface area contributed by atoms with Gasteiger partial charge < -0.3 is 18.9 Å². The van der Waals surface area contributed by atoms with Crippen LogP contribution in [-0.2, 0) is 33.5 Å². The number of benzene rings is 1. The van der Waals surface area contributed by atoms with Crippen LogP contribution in [-0.4, -0.2) is 71.3 Å². The van der Waals surface area contributed by atoms with Crippen LogP contribution in [0.3, 0.4) is 0 Å². The third-order valence-corrected chi connectivity index (χ3v) is 5.55. The highest BCUT2D eigenvalue weighted by molar-refractivity contribution is 5.96. The van der Waals surface area contributed by atoms with Crippen LogP contribution in [0.1, 0.15) is 91.9 Å². The van der Waals surface area contributed by atoms with E-state index in [1.54, 1.807) is 41.5 Å². The number of hydrogen-bond acceptors (Lipinski definition) is 11. The van der Waals surface area contributed by atoms with Crippen molar-refractivity contribution in [2.45, 2.75) is 98.4 Å². The van der Waals surface area contributed by atoms with Gasteiger partial charge in [-0.1, -0.05) is 0 Å². The molecule has 1 unspecified atom stereocenters. The summed E-state index contributed by atoms with van der Waals surface area (Å²) in [6.45, 7) is 15.4. The lowest BCUT2D eigenvalue weighted by atomic mass is 9.92. The van der Waals surface area contributed by atoms with Crippen LogP contribution in [0, 0.1) is 5.92 Å². The van der Waals surface area contributed by atoms with Gasteiger partial charge in [-0.15, -0.1) is 0 Å². The van der Waals surface area contributed by atoms with Crippen LogP contribution >= 0.6 is 0 Å². The summed E-state index contributed by atoms with van der Waals surface area (Å²) >= 11 is 0. The Bertz CT molecular complexity index is 1250. The van der Waals surface area contributed by atoms with Gasteiger partial charge in [0, 0.05) is 24.9 Å². The highest BCUT2D eigenvalue weighted by Crippen LogP contribution is 2.30. The van der Waals surface area contributed by atoms with Crippen molar-refractivity contribution in [1.82, 2.24) is 15.9 Å². The second-order valence-electron chi connectivity index (χ2n) is 13.3. The van der Waals surface area contributed by atoms with Crippen molar-refractivity contribution in [3.8, 4) is 11.5 Å². The van der Waals surface area contributed by atoms with Crippen molar-refractivity contribution >= 4 is 29.7 Å². The number of nitrogens with one attached hydrogen (secondary N) is 2. The predicted molar refractivity (Wildman–Crippen MR) is 159 cm³/mol. The van der Waals surface area contributed by atoms with Gasteiger partial charge in [0.1, 0.15) is 22.8 Å². The van der Waals surface area contributed by atoms with Gasteiger partial charge in [0.2, 0.25) is 5.91 Å². The number of carbonyl (C=O) groups excluding carboxylic acids is 5. The minimum absolute atomic E-state index is 0.00388. The summed E-state index contributed by atoms with van der Waals surface area (Å²) < 4.78 is 21.6. The average molecular weight is 620 g/mol. The van der Waals surface area contributed by atoms with Crippen molar-refractivity contribution in [1.29, 1.82) is 0 Å². The van der Waals surface area contributed by atoms with Crippen molar-refractivity contribution < 1.29 is 47.8 Å². The van der Waals surface area contributed by atoms with E-state index in [9.17, 15) is 24.0 Å². The van der Waals surface area contributed by atoms with Crippen LogP contribution in [0.15, 0.2) is 23.9 Å². The molecule has 0 aliphatic carbocycles. The minimum atomic E-state index is -0.737. The molecular formula is C31H45N3O10. The van der Waals surface area contributed by atoms with E-state index in [1.807, 2.05) is 26.7 Å². The maximum atomic E-state index is 12.9. The van der Waals surface area contributed by atoms with E-state index in [4.69, 9.17) is 23.8 Å². The molecule has 1 saturated heterocycles. The Morgan fingerprint density at radius 1 is 0.841 bits per heavy atom. The van der Waals surface area contributed by atoms with Gasteiger partial charge in [-0.05, 0) is 92.9 Å². The largest absolute Gasteiger partial charge is 0.478 e. The Kier molecular flexibility index (Phi) is 12.4. The molecule has 1 aromatic rings. The van der Waals surface area contributed by atoms with Crippen LogP contribution in [0.5, 0.6) is 11.5 Å². The lowest BCUT2D eigenvalue weighted by Crippen LogP contribution is -2.43. The molecule has 13 nitrogen and oxygen atoms in total. The summed E-state index contributed by atoms with van der Waals surface area (Å²) in [6, 6.07) is 4.10. The monoisotopic (exact) mass is 619 g/mol. The maximum Gasteiger partial charge on any atom is 0.344 e. The zero-order valence-corrected chi connectivity index (χ0v) is 27.1. The van der Waals surface area contributed by atoms with Gasteiger partial charge >= 0.3 is 11.9 Å². The molecule has 2 rings (SSSR count). The van der Waals surface area contributed by atoms with Gasteiger partial charge in [-0.3, -0.25) is 25.3 Å². The highest BCUT2D eigenvalue weighted by Gasteiger charge is 2.29. The Balaban J connectivity index is 2.04. The summed E-state index contributed by atoms with van der Waals surface area (Å²) in [7, 11) is 0. The van der Waals surface area contributed by atoms with E-state index >= 15 is 0 Å². The summed E-state index contributed by atoms with van der Waals surface area (Å²) in [5.41, 5.74) is 3.21. The van der Waals surface area contributed by atoms with Crippen LogP contribution in [0.25, 0.3) is 0 Å². The topological polar surface area (TPSA) is 159 Å². The molecule has 1 aromatic carbocycles. The molecule has 1 fully saturated rings. The Labute approximate surface area is 258 Å². The van der Waals surface area contributed by atoms with Gasteiger partial charge in [0.15, 0.2) is 24.7 Å². The molecule has 44 heavy (non-hydrogen) atoms. The molecule has 0 radical (unpaired) electrons. The van der Waals surface area contributed by atoms with Gasteiger partial charge in [0.05, 0.1) is 5.60 Å². The number of piperidine rings is 1. The van der Waals surface area contributed by atoms with Gasteiger partial charge in [-0.25, -0.2) is 19.4 Å². The standard InChI is InChI=1S/C31H45N3O10/c1-29(2,3)42-26(37)18-40-23-11-10-21(16-24(23)41-19-27(38)43-30(4,5)6)28(39)33-32-25(36)15-20-12-13-34(22(14-20)17-35)44-31(7,8)9/h10-11,16,20H,12-15,18-19H2,1-9H3,(H,32,36)(H,33,39). The molecule has 13 heteroatoms. The van der Waals surface area contributed by atoms with Crippen molar-refractivity contribution in [3.05, 3.63) is 29.5 Å². The van der Waals surface area contributed by atoms with E-state index in [2.05, 4.69) is 10.9 Å². The first-order valence-corrected chi connectivity index (χ1v) is 14.4. The smallest absolute Gasteiger partial charge is 0.344 e. The van der Waals surface area contributed by atoms with E-state index in [0.717, 1.165) is 0 Å². The molecule has 1 atom stereocenters. The lowest BCUT2D eigenvalue weighted by molar-refractivity contribution is -0.215. The second-order valence-corrected chi connectivity index (χ2v) is 13.3. The average Bonchev–Trinajstić information content (AvgIpc) is 2.87. The first kappa shape index (κ1) is 36.1. The van der Waals surface area contributed by atoms with E-state index in [-0.39, 0.29) is 29.4 Å². The van der Waals surface area contributed by atoms with Crippen molar-refractivity contribution in [3.63, 3.8) is 0 Å². The van der Waals surface area contributed by atoms with Crippen LogP contribution in [0.2, 0.25) is 0 Å². The minimum Gasteiger partial charge on any atom is -0.478 e. The Hall–Kier alpha value is -4.09. The number of carbonyl (C=O) groups is 4. The molecule has 0 bridgehead atoms. The molecular weight excluding hydrogens is 574 g/mol. The summed E-state index contributed by atoms with van der Waals surface area (Å²) in [6.07, 6.45) is 0.978. The molecule has 244 valence electrons. The zero-order valence-electron chi connectivity index (χ0n) is 27.1. The highest BCUT2D eigenvalue weighted by atomic mass is 16.7. The number of allylic oxidation sites excluding steroid dienone is 1. The third kappa shape index (κ3) is 13.5. The number of hydroxylamine groups is 2. The molecule has 0 aromatic heterocycles. The number of hydrazine groups is 1. The maximum absolute atomic E-state index is 12.9. The number of ether oxygens (including phenoxy) is 4. The molecule has 2 amide bonds. The quantitative estimate of drug-likeness (QED) is 0.224. The van der Waals surface area contributed by atoms with Gasteiger partial charge in [-0.2, -0.15) is 0 Å². The summed E-state index contributed by atoms with van der Waals surface area (Å²) in [5, 5.41) is 1.52. The van der Waals surface area contributed by atoms with Crippen LogP contribution < -0.4 is 20.3 Å². The fraction of sp³-hybridized carbons (Fsp3) is 0.613. The SMILES string of the molecule is CC(C)(C)OC(=O)COc1ccc(C(=O)NNC(=O)CC2CCN(OC(C)(C)C)C(=C=O)C2)cc1OCC(=O)OC(C)(C)C. The van der Waals surface area contributed by atoms with Crippen LogP contribution in [0.4, 0.5) is 0 Å². The molecule has 1 aliphatic rings. The molecule has 1 aliphatic heterocycles. The zero-order chi connectivity index (χ0) is 33.3. The first-order valence-electron chi connectivity index (χ1n) is 14.4. The van der Waals surface area contributed by atoms with E-state index in [0.29, 0.717) is 25.1 Å². The van der Waals surface area contributed by atoms with Crippen molar-refractivity contribution in [2.75, 3.05) is 19.8 Å². The Morgan fingerprint density at radius 2 is 1.41 bits per heavy atom. The predicted octanol–water partition coefficient (Wildman–Crippen LogP) is 3.44. The number of hydrogen-bond donors (Lipinski definition) is 2. The van der Waals surface area contributed by atoms with Gasteiger partial charge in [0.25, 0.3) is 5.91 Å². The lowest BCUT2D eigenvalue weighted by Gasteiger charge is -2.36. The molecule has 0 saturated carbocycles. The second kappa shape index (κ2) is 15.1. The fourth-order valence-corrected chi connectivity index (χ4v) is 4.02.